The molecule has 0 aliphatic carbocycles. The van der Waals surface area contributed by atoms with E-state index in [9.17, 15) is 10.1 Å². The molecule has 0 aromatic rings. The molecule has 0 saturated heterocycles. The maximum absolute atomic E-state index is 9.99. The number of nitriles is 3. The summed E-state index contributed by atoms with van der Waals surface area (Å²) in [6, 6.07) is 0. The normalized spacial score (nSPS) is 9.91. The van der Waals surface area contributed by atoms with Crippen LogP contribution in [0, 0.1) is 43.0 Å². The molecular weight excluding hydrogens is 172 g/mol. The van der Waals surface area contributed by atoms with E-state index < -0.39 is 14.8 Å². The van der Waals surface area contributed by atoms with Gasteiger partial charge in [0.15, 0.2) is 0 Å². The SMILES string of the molecule is N#COS(C#N)(C#N)[N+](=O)[O-]. The van der Waals surface area contributed by atoms with Gasteiger partial charge < -0.3 is 0 Å². The Kier molecular flexibility index (Phi) is 2.67. The lowest BCUT2D eigenvalue weighted by Crippen LogP contribution is -2.07. The third-order valence-corrected chi connectivity index (χ3v) is 1.85. The van der Waals surface area contributed by atoms with E-state index in [1.54, 1.807) is 0 Å². The summed E-state index contributed by atoms with van der Waals surface area (Å²) in [5, 5.41) is 36.2. The molecule has 0 aromatic heterocycles. The van der Waals surface area contributed by atoms with Gasteiger partial charge >= 0.3 is 16.8 Å². The van der Waals surface area contributed by atoms with Crippen LogP contribution in [0.15, 0.2) is 0 Å². The summed E-state index contributed by atoms with van der Waals surface area (Å²) in [7, 11) is -3.77. The Bertz CT molecular complexity index is 279. The van der Waals surface area contributed by atoms with E-state index in [0.29, 0.717) is 0 Å². The predicted octanol–water partition coefficient (Wildman–Crippen LogP) is 0.358. The summed E-state index contributed by atoms with van der Waals surface area (Å²) >= 11 is 0. The Morgan fingerprint density at radius 2 is 1.82 bits per heavy atom. The van der Waals surface area contributed by atoms with Crippen molar-refractivity contribution in [2.45, 2.75) is 0 Å². The van der Waals surface area contributed by atoms with E-state index in [-0.39, 0.29) is 0 Å². The molecule has 0 bridgehead atoms. The Labute approximate surface area is 62.8 Å². The van der Waals surface area contributed by atoms with Crippen molar-refractivity contribution < 1.29 is 8.51 Å². The van der Waals surface area contributed by atoms with Crippen molar-refractivity contribution in [1.29, 1.82) is 15.8 Å². The Morgan fingerprint density at radius 3 is 1.91 bits per heavy atom. The van der Waals surface area contributed by atoms with Crippen molar-refractivity contribution in [3.8, 4) is 17.1 Å². The summed E-state index contributed by atoms with van der Waals surface area (Å²) in [5.41, 5.74) is 0. The largest absolute Gasteiger partial charge is 0.375 e. The number of nitro groups is 1. The molecular formula is C3N4O3S. The van der Waals surface area contributed by atoms with Crippen LogP contribution < -0.4 is 0 Å². The third-order valence-electron chi connectivity index (χ3n) is 0.615. The first-order valence-corrected chi connectivity index (χ1v) is 3.51. The van der Waals surface area contributed by atoms with Gasteiger partial charge in [0, 0.05) is 0 Å². The first-order valence-electron chi connectivity index (χ1n) is 2.00. The van der Waals surface area contributed by atoms with E-state index in [0.717, 1.165) is 17.1 Å². The highest BCUT2D eigenvalue weighted by atomic mass is 32.3. The molecule has 0 spiro atoms. The summed E-state index contributed by atoms with van der Waals surface area (Å²) in [6.07, 6.45) is 0.942. The van der Waals surface area contributed by atoms with Crippen LogP contribution in [0.25, 0.3) is 0 Å². The topological polar surface area (TPSA) is 124 Å². The highest BCUT2D eigenvalue weighted by molar-refractivity contribution is 8.32. The minimum Gasteiger partial charge on any atom is -0.292 e. The maximum atomic E-state index is 9.99. The Hall–Kier alpha value is -1.98. The van der Waals surface area contributed by atoms with Crippen LogP contribution in [0.4, 0.5) is 0 Å². The van der Waals surface area contributed by atoms with Gasteiger partial charge in [-0.3, -0.25) is 4.18 Å². The third kappa shape index (κ3) is 1.48. The molecule has 0 radical (unpaired) electrons. The molecule has 0 fully saturated rings. The fourth-order valence-electron chi connectivity index (χ4n) is 0.209. The quantitative estimate of drug-likeness (QED) is 0.336. The standard InChI is InChI=1S/C3N4O3S/c4-1-10-11(2-5,3-6)7(8)9. The molecule has 11 heavy (non-hydrogen) atoms. The minimum absolute atomic E-state index is 0.942. The summed E-state index contributed by atoms with van der Waals surface area (Å²) in [4.78, 5) is 9.99. The van der Waals surface area contributed by atoms with E-state index in [2.05, 4.69) is 4.18 Å². The van der Waals surface area contributed by atoms with E-state index in [1.807, 2.05) is 0 Å². The molecule has 0 aromatic carbocycles. The van der Waals surface area contributed by atoms with Crippen LogP contribution in [-0.4, -0.2) is 4.33 Å². The van der Waals surface area contributed by atoms with Crippen LogP contribution in [0.3, 0.4) is 0 Å². The van der Waals surface area contributed by atoms with Gasteiger partial charge in [0.05, 0.1) is 0 Å². The van der Waals surface area contributed by atoms with E-state index in [4.69, 9.17) is 15.8 Å². The van der Waals surface area contributed by atoms with Gasteiger partial charge in [0.1, 0.15) is 4.33 Å². The summed E-state index contributed by atoms with van der Waals surface area (Å²) in [6.45, 7) is 0. The van der Waals surface area contributed by atoms with Gasteiger partial charge in [-0.1, -0.05) is 0 Å². The average molecular weight is 172 g/mol. The van der Waals surface area contributed by atoms with Crippen molar-refractivity contribution in [2.75, 3.05) is 0 Å². The van der Waals surface area contributed by atoms with Crippen molar-refractivity contribution in [3.63, 3.8) is 0 Å². The molecule has 8 heteroatoms. The molecule has 0 heterocycles. The van der Waals surface area contributed by atoms with Crippen molar-refractivity contribution in [2.24, 2.45) is 0 Å². The molecule has 56 valence electrons. The van der Waals surface area contributed by atoms with E-state index >= 15 is 0 Å². The van der Waals surface area contributed by atoms with Gasteiger partial charge in [-0.25, -0.2) is 10.1 Å². The van der Waals surface area contributed by atoms with Crippen LogP contribution in [-0.2, 0) is 4.18 Å². The summed E-state index contributed by atoms with van der Waals surface area (Å²) < 4.78 is 2.56. The average Bonchev–Trinajstić information content (AvgIpc) is 2.00. The van der Waals surface area contributed by atoms with Crippen molar-refractivity contribution in [3.05, 3.63) is 10.1 Å². The Balaban J connectivity index is 4.88. The lowest BCUT2D eigenvalue weighted by atomic mass is 11.6. The highest BCUT2D eigenvalue weighted by Crippen LogP contribution is 2.46. The minimum atomic E-state index is -3.77. The first-order chi connectivity index (χ1) is 5.13. The molecule has 0 unspecified atom stereocenters. The molecule has 7 nitrogen and oxygen atoms in total. The highest BCUT2D eigenvalue weighted by Gasteiger charge is 2.41. The van der Waals surface area contributed by atoms with Crippen LogP contribution >= 0.6 is 10.5 Å². The fraction of sp³-hybridized carbons (Fsp3) is 0. The number of rotatable bonds is 2. The lowest BCUT2D eigenvalue weighted by Gasteiger charge is -2.06. The molecule has 0 atom stereocenters. The first kappa shape index (κ1) is 9.02. The number of hydrogen-bond acceptors (Lipinski definition) is 6. The molecule has 0 rings (SSSR count). The number of hydrogen-bond donors (Lipinski definition) is 0. The molecule has 0 amide bonds. The smallest absolute Gasteiger partial charge is 0.292 e. The second kappa shape index (κ2) is 3.25. The maximum Gasteiger partial charge on any atom is 0.375 e. The van der Waals surface area contributed by atoms with Gasteiger partial charge in [-0.15, -0.1) is 5.26 Å². The van der Waals surface area contributed by atoms with Gasteiger partial charge in [0.25, 0.3) is 0 Å². The van der Waals surface area contributed by atoms with Crippen molar-refractivity contribution >= 4 is 10.5 Å². The van der Waals surface area contributed by atoms with Crippen LogP contribution in [0.2, 0.25) is 0 Å². The lowest BCUT2D eigenvalue weighted by molar-refractivity contribution is -0.301. The number of thiocyanates is 2. The summed E-state index contributed by atoms with van der Waals surface area (Å²) in [5.74, 6) is 0. The fourth-order valence-corrected chi connectivity index (χ4v) is 0.626. The van der Waals surface area contributed by atoms with E-state index in [1.165, 1.54) is 0 Å². The van der Waals surface area contributed by atoms with Gasteiger partial charge in [-0.05, 0) is 0 Å². The molecule has 0 aliphatic rings. The van der Waals surface area contributed by atoms with Crippen LogP contribution in [0.1, 0.15) is 0 Å². The molecule has 0 saturated carbocycles. The zero-order chi connectivity index (χ0) is 8.91. The Morgan fingerprint density at radius 1 is 1.36 bits per heavy atom. The zero-order valence-corrected chi connectivity index (χ0v) is 5.74. The van der Waals surface area contributed by atoms with Gasteiger partial charge in [-0.2, -0.15) is 10.5 Å². The molecule has 0 N–H and O–H groups in total. The molecule has 0 aliphatic heterocycles. The number of nitrogens with zero attached hydrogens (tertiary/aromatic N) is 4. The zero-order valence-electron chi connectivity index (χ0n) is 4.92. The van der Waals surface area contributed by atoms with Crippen molar-refractivity contribution in [1.82, 2.24) is 0 Å². The second-order valence-electron chi connectivity index (χ2n) is 1.11. The van der Waals surface area contributed by atoms with Gasteiger partial charge in [0.2, 0.25) is 10.8 Å². The monoisotopic (exact) mass is 172 g/mol. The van der Waals surface area contributed by atoms with Crippen LogP contribution in [0.5, 0.6) is 0 Å². The predicted molar refractivity (Wildman–Crippen MR) is 32.5 cm³/mol. The second-order valence-corrected chi connectivity index (χ2v) is 2.99.